The van der Waals surface area contributed by atoms with Gasteiger partial charge >= 0.3 is 6.18 Å². The van der Waals surface area contributed by atoms with Gasteiger partial charge in [-0.2, -0.15) is 13.2 Å². The molecule has 1 aliphatic rings. The van der Waals surface area contributed by atoms with Gasteiger partial charge in [-0.3, -0.25) is 0 Å². The molecule has 0 unspecified atom stereocenters. The molecule has 1 heterocycles. The summed E-state index contributed by atoms with van der Waals surface area (Å²) in [5.74, 6) is 0. The maximum absolute atomic E-state index is 13.2. The van der Waals surface area contributed by atoms with Crippen molar-refractivity contribution >= 4 is 5.69 Å². The highest BCUT2D eigenvalue weighted by Crippen LogP contribution is 2.40. The number of hydrogen-bond acceptors (Lipinski definition) is 2. The van der Waals surface area contributed by atoms with E-state index in [1.807, 2.05) is 24.3 Å². The van der Waals surface area contributed by atoms with Crippen LogP contribution in [0, 0.1) is 0 Å². The topological polar surface area (TPSA) is 23.5 Å². The van der Waals surface area contributed by atoms with Crippen molar-refractivity contribution in [3.05, 3.63) is 64.7 Å². The van der Waals surface area contributed by atoms with Gasteiger partial charge in [0, 0.05) is 18.8 Å². The van der Waals surface area contributed by atoms with E-state index in [9.17, 15) is 13.2 Å². The van der Waals surface area contributed by atoms with Crippen molar-refractivity contribution in [2.24, 2.45) is 0 Å². The van der Waals surface area contributed by atoms with Crippen LogP contribution in [0.1, 0.15) is 22.3 Å². The maximum Gasteiger partial charge on any atom is 0.418 e. The van der Waals surface area contributed by atoms with E-state index in [0.29, 0.717) is 13.1 Å². The first-order valence-corrected chi connectivity index (χ1v) is 6.62. The van der Waals surface area contributed by atoms with Gasteiger partial charge < -0.3 is 10.0 Å². The fourth-order valence-electron chi connectivity index (χ4n) is 2.69. The number of aliphatic hydroxyl groups excluding tert-OH is 1. The Balaban J connectivity index is 2.00. The van der Waals surface area contributed by atoms with Crippen molar-refractivity contribution in [3.8, 4) is 0 Å². The molecule has 2 aromatic rings. The zero-order chi connectivity index (χ0) is 15.0. The minimum absolute atomic E-state index is 0.163. The molecule has 3 rings (SSSR count). The summed E-state index contributed by atoms with van der Waals surface area (Å²) in [6.07, 6.45) is -4.44. The minimum atomic E-state index is -4.44. The standard InChI is InChI=1S/C16H14F3NO/c17-16(18,19)14-7-11(10-21)5-6-15(14)20-8-12-3-1-2-4-13(12)9-20/h1-7,21H,8-10H2. The molecule has 0 radical (unpaired) electrons. The lowest BCUT2D eigenvalue weighted by Crippen LogP contribution is -2.20. The van der Waals surface area contributed by atoms with Gasteiger partial charge in [-0.15, -0.1) is 0 Å². The van der Waals surface area contributed by atoms with Gasteiger partial charge in [0.15, 0.2) is 0 Å². The fraction of sp³-hybridized carbons (Fsp3) is 0.250. The molecule has 0 fully saturated rings. The number of alkyl halides is 3. The Morgan fingerprint density at radius 2 is 1.62 bits per heavy atom. The first-order chi connectivity index (χ1) is 9.99. The number of rotatable bonds is 2. The molecule has 2 nitrogen and oxygen atoms in total. The molecule has 0 aliphatic carbocycles. The zero-order valence-corrected chi connectivity index (χ0v) is 11.2. The molecular formula is C16H14F3NO. The molecule has 0 atom stereocenters. The highest BCUT2D eigenvalue weighted by molar-refractivity contribution is 5.59. The van der Waals surface area contributed by atoms with Crippen molar-refractivity contribution in [2.75, 3.05) is 4.90 Å². The average molecular weight is 293 g/mol. The molecule has 0 amide bonds. The SMILES string of the molecule is OCc1ccc(N2Cc3ccccc3C2)c(C(F)(F)F)c1. The Labute approximate surface area is 120 Å². The highest BCUT2D eigenvalue weighted by Gasteiger charge is 2.36. The number of benzene rings is 2. The van der Waals surface area contributed by atoms with Gasteiger partial charge in [0.05, 0.1) is 12.2 Å². The summed E-state index contributed by atoms with van der Waals surface area (Å²) < 4.78 is 39.7. The average Bonchev–Trinajstić information content (AvgIpc) is 2.89. The van der Waals surface area contributed by atoms with E-state index in [1.165, 1.54) is 12.1 Å². The van der Waals surface area contributed by atoms with Crippen LogP contribution < -0.4 is 4.90 Å². The van der Waals surface area contributed by atoms with Crippen molar-refractivity contribution in [2.45, 2.75) is 25.9 Å². The lowest BCUT2D eigenvalue weighted by molar-refractivity contribution is -0.137. The second-order valence-corrected chi connectivity index (χ2v) is 5.13. The number of anilines is 1. The summed E-state index contributed by atoms with van der Waals surface area (Å²) >= 11 is 0. The smallest absolute Gasteiger partial charge is 0.392 e. The summed E-state index contributed by atoms with van der Waals surface area (Å²) in [6.45, 7) is 0.541. The summed E-state index contributed by atoms with van der Waals surface area (Å²) in [7, 11) is 0. The maximum atomic E-state index is 13.2. The predicted octanol–water partition coefficient (Wildman–Crippen LogP) is 3.72. The summed E-state index contributed by atoms with van der Waals surface area (Å²) in [6, 6.07) is 11.7. The van der Waals surface area contributed by atoms with Gasteiger partial charge in [0.1, 0.15) is 0 Å². The third kappa shape index (κ3) is 2.61. The van der Waals surface area contributed by atoms with Gasteiger partial charge in [0.2, 0.25) is 0 Å². The Hall–Kier alpha value is -2.01. The van der Waals surface area contributed by atoms with Crippen molar-refractivity contribution < 1.29 is 18.3 Å². The molecule has 1 aliphatic heterocycles. The normalized spacial score (nSPS) is 14.4. The minimum Gasteiger partial charge on any atom is -0.392 e. The van der Waals surface area contributed by atoms with Crippen LogP contribution >= 0.6 is 0 Å². The number of aliphatic hydroxyl groups is 1. The van der Waals surface area contributed by atoms with Crippen LogP contribution in [0.4, 0.5) is 18.9 Å². The monoisotopic (exact) mass is 293 g/mol. The molecule has 0 saturated carbocycles. The van der Waals surface area contributed by atoms with Crippen LogP contribution in [0.15, 0.2) is 42.5 Å². The van der Waals surface area contributed by atoms with Crippen LogP contribution in [-0.2, 0) is 25.9 Å². The molecular weight excluding hydrogens is 279 g/mol. The third-order valence-electron chi connectivity index (χ3n) is 3.73. The summed E-state index contributed by atoms with van der Waals surface area (Å²) in [5, 5.41) is 9.05. The van der Waals surface area contributed by atoms with Crippen LogP contribution in [0.3, 0.4) is 0 Å². The highest BCUT2D eigenvalue weighted by atomic mass is 19.4. The van der Waals surface area contributed by atoms with Crippen molar-refractivity contribution in [1.82, 2.24) is 0 Å². The molecule has 0 aromatic heterocycles. The van der Waals surface area contributed by atoms with Crippen LogP contribution in [0.5, 0.6) is 0 Å². The molecule has 0 spiro atoms. The Kier molecular flexibility index (Phi) is 3.37. The lowest BCUT2D eigenvalue weighted by atomic mass is 10.1. The number of fused-ring (bicyclic) bond motifs is 1. The van der Waals surface area contributed by atoms with Crippen molar-refractivity contribution in [3.63, 3.8) is 0 Å². The zero-order valence-electron chi connectivity index (χ0n) is 11.2. The Bertz CT molecular complexity index is 642. The predicted molar refractivity (Wildman–Crippen MR) is 73.7 cm³/mol. The molecule has 1 N–H and O–H groups in total. The fourth-order valence-corrected chi connectivity index (χ4v) is 2.69. The van der Waals surface area contributed by atoms with Gasteiger partial charge in [-0.05, 0) is 28.8 Å². The molecule has 0 saturated heterocycles. The van der Waals surface area contributed by atoms with E-state index in [-0.39, 0.29) is 11.3 Å². The first-order valence-electron chi connectivity index (χ1n) is 6.62. The number of nitrogens with zero attached hydrogens (tertiary/aromatic N) is 1. The quantitative estimate of drug-likeness (QED) is 0.912. The van der Waals surface area contributed by atoms with E-state index >= 15 is 0 Å². The van der Waals surface area contributed by atoms with E-state index in [1.54, 1.807) is 4.90 Å². The number of hydrogen-bond donors (Lipinski definition) is 1. The molecule has 110 valence electrons. The Morgan fingerprint density at radius 1 is 1.00 bits per heavy atom. The molecule has 0 bridgehead atoms. The van der Waals surface area contributed by atoms with E-state index < -0.39 is 18.3 Å². The van der Waals surface area contributed by atoms with E-state index in [0.717, 1.165) is 17.2 Å². The molecule has 5 heteroatoms. The number of halogens is 3. The third-order valence-corrected chi connectivity index (χ3v) is 3.73. The largest absolute Gasteiger partial charge is 0.418 e. The van der Waals surface area contributed by atoms with Crippen LogP contribution in [-0.4, -0.2) is 5.11 Å². The van der Waals surface area contributed by atoms with Crippen LogP contribution in [0.25, 0.3) is 0 Å². The molecule has 21 heavy (non-hydrogen) atoms. The van der Waals surface area contributed by atoms with Crippen molar-refractivity contribution in [1.29, 1.82) is 0 Å². The van der Waals surface area contributed by atoms with Crippen LogP contribution in [0.2, 0.25) is 0 Å². The first kappa shape index (κ1) is 13.9. The molecule has 2 aromatic carbocycles. The lowest BCUT2D eigenvalue weighted by Gasteiger charge is -2.23. The van der Waals surface area contributed by atoms with Gasteiger partial charge in [0.25, 0.3) is 0 Å². The van der Waals surface area contributed by atoms with Gasteiger partial charge in [-0.25, -0.2) is 0 Å². The second kappa shape index (κ2) is 5.07. The van der Waals surface area contributed by atoms with Gasteiger partial charge in [-0.1, -0.05) is 30.3 Å². The Morgan fingerprint density at radius 3 is 2.14 bits per heavy atom. The summed E-state index contributed by atoms with van der Waals surface area (Å²) in [5.41, 5.74) is 1.84. The summed E-state index contributed by atoms with van der Waals surface area (Å²) in [4.78, 5) is 1.72. The van der Waals surface area contributed by atoms with E-state index in [4.69, 9.17) is 5.11 Å². The van der Waals surface area contributed by atoms with E-state index in [2.05, 4.69) is 0 Å². The second-order valence-electron chi connectivity index (χ2n) is 5.13.